The Morgan fingerprint density at radius 3 is 2.58 bits per heavy atom. The van der Waals surface area contributed by atoms with Crippen LogP contribution in [0, 0.1) is 0 Å². The fraction of sp³-hybridized carbons (Fsp3) is 0.524. The Morgan fingerprint density at radius 2 is 1.81 bits per heavy atom. The van der Waals surface area contributed by atoms with Crippen molar-refractivity contribution < 1.29 is 4.57 Å². The molecule has 0 aromatic heterocycles. The van der Waals surface area contributed by atoms with Crippen LogP contribution < -0.4 is 4.67 Å². The quantitative estimate of drug-likeness (QED) is 0.639. The van der Waals surface area contributed by atoms with Crippen molar-refractivity contribution in [2.45, 2.75) is 45.6 Å². The van der Waals surface area contributed by atoms with Crippen LogP contribution in [0.4, 0.5) is 5.69 Å². The molecule has 2 atom stereocenters. The number of hydrogen-bond donors (Lipinski definition) is 0. The van der Waals surface area contributed by atoms with Gasteiger partial charge in [0.1, 0.15) is 0 Å². The second-order valence-corrected chi connectivity index (χ2v) is 10.1. The largest absolute Gasteiger partial charge is 0.311 e. The average Bonchev–Trinajstić information content (AvgIpc) is 3.23. The molecule has 2 aliphatic rings. The fourth-order valence-electron chi connectivity index (χ4n) is 4.67. The summed E-state index contributed by atoms with van der Waals surface area (Å²) in [6.45, 7) is 8.02. The van der Waals surface area contributed by atoms with Gasteiger partial charge < -0.3 is 0 Å². The number of nitrogens with zero attached hydrogens (tertiary/aromatic N) is 3. The van der Waals surface area contributed by atoms with Gasteiger partial charge in [0.25, 0.3) is 0 Å². The molecule has 0 bridgehead atoms. The number of benzene rings is 2. The maximum absolute atomic E-state index is 14.7. The molecule has 2 aliphatic heterocycles. The minimum Gasteiger partial charge on any atom is -0.297 e. The molecule has 0 saturated carbocycles. The van der Waals surface area contributed by atoms with E-state index in [0.29, 0.717) is 6.04 Å². The van der Waals surface area contributed by atoms with E-state index in [1.54, 1.807) is 0 Å². The van der Waals surface area contributed by atoms with E-state index < -0.39 is 7.59 Å². The molecule has 2 saturated heterocycles. The summed E-state index contributed by atoms with van der Waals surface area (Å²) in [5.41, 5.74) is 1.14. The van der Waals surface area contributed by atoms with Crippen molar-refractivity contribution in [1.29, 1.82) is 0 Å². The van der Waals surface area contributed by atoms with Crippen LogP contribution >= 0.6 is 7.59 Å². The van der Waals surface area contributed by atoms with Gasteiger partial charge in [0, 0.05) is 37.6 Å². The standard InChI is InChI=1S/C21H30N3OP/c1-3-14-22(15-4-2)26(25)23-16-8-11-19(23)17-24(26)21-13-7-10-18-9-5-6-12-20(18)21/h5-7,9-10,12-13,19H,3-4,8,11,14-17H2,1-2H3/t19-,26?/m0/s1. The molecule has 0 radical (unpaired) electrons. The van der Waals surface area contributed by atoms with Crippen molar-refractivity contribution in [3.63, 3.8) is 0 Å². The molecule has 5 heteroatoms. The Bertz CT molecular complexity index is 813. The van der Waals surface area contributed by atoms with Crippen molar-refractivity contribution in [2.24, 2.45) is 0 Å². The van der Waals surface area contributed by atoms with Crippen LogP contribution in [0.5, 0.6) is 0 Å². The predicted octanol–water partition coefficient (Wildman–Crippen LogP) is 5.35. The van der Waals surface area contributed by atoms with Gasteiger partial charge in [0.2, 0.25) is 0 Å². The average molecular weight is 371 g/mol. The molecular formula is C21H30N3OP. The predicted molar refractivity (Wildman–Crippen MR) is 111 cm³/mol. The SMILES string of the molecule is CCCN(CCC)P1(=O)N(c2cccc3ccccc23)C[C@@H]2CCCN21. The molecule has 2 aromatic carbocycles. The Kier molecular flexibility index (Phi) is 5.09. The summed E-state index contributed by atoms with van der Waals surface area (Å²) in [4.78, 5) is 0. The molecule has 1 unspecified atom stereocenters. The molecule has 0 aliphatic carbocycles. The summed E-state index contributed by atoms with van der Waals surface area (Å²) in [5.74, 6) is 0. The molecule has 4 rings (SSSR count). The topological polar surface area (TPSA) is 26.8 Å². The van der Waals surface area contributed by atoms with Gasteiger partial charge in [-0.2, -0.15) is 0 Å². The highest BCUT2D eigenvalue weighted by Gasteiger charge is 2.53. The molecule has 0 spiro atoms. The zero-order chi connectivity index (χ0) is 18.1. The summed E-state index contributed by atoms with van der Waals surface area (Å²) in [6, 6.07) is 15.3. The Hall–Kier alpha value is -1.35. The lowest BCUT2D eigenvalue weighted by atomic mass is 10.1. The number of hydrogen-bond acceptors (Lipinski definition) is 1. The minimum absolute atomic E-state index is 0.427. The van der Waals surface area contributed by atoms with Gasteiger partial charge in [0.05, 0.1) is 5.69 Å². The third kappa shape index (κ3) is 2.79. The normalized spacial score (nSPS) is 26.1. The first-order valence-electron chi connectivity index (χ1n) is 10.1. The minimum atomic E-state index is -2.75. The second-order valence-electron chi connectivity index (χ2n) is 7.51. The number of fused-ring (bicyclic) bond motifs is 2. The first-order valence-corrected chi connectivity index (χ1v) is 11.6. The lowest BCUT2D eigenvalue weighted by Crippen LogP contribution is -2.35. The van der Waals surface area contributed by atoms with Crippen LogP contribution in [0.2, 0.25) is 0 Å². The van der Waals surface area contributed by atoms with E-state index in [-0.39, 0.29) is 0 Å². The highest BCUT2D eigenvalue weighted by Crippen LogP contribution is 2.65. The zero-order valence-electron chi connectivity index (χ0n) is 16.0. The van der Waals surface area contributed by atoms with E-state index in [4.69, 9.17) is 0 Å². The lowest BCUT2D eigenvalue weighted by molar-refractivity contribution is 0.347. The summed E-state index contributed by atoms with van der Waals surface area (Å²) >= 11 is 0. The third-order valence-electron chi connectivity index (χ3n) is 5.76. The smallest absolute Gasteiger partial charge is 0.297 e. The maximum Gasteiger partial charge on any atom is 0.311 e. The Balaban J connectivity index is 1.84. The van der Waals surface area contributed by atoms with Crippen LogP contribution in [0.1, 0.15) is 39.5 Å². The zero-order valence-corrected chi connectivity index (χ0v) is 16.9. The van der Waals surface area contributed by atoms with E-state index in [9.17, 15) is 4.57 Å². The molecule has 2 heterocycles. The molecule has 0 N–H and O–H groups in total. The summed E-state index contributed by atoms with van der Waals surface area (Å²) in [5, 5.41) is 2.44. The van der Waals surface area contributed by atoms with Gasteiger partial charge in [-0.05, 0) is 37.1 Å². The van der Waals surface area contributed by atoms with E-state index >= 15 is 0 Å². The first-order chi connectivity index (χ1) is 12.7. The Morgan fingerprint density at radius 1 is 1.08 bits per heavy atom. The third-order valence-corrected chi connectivity index (χ3v) is 9.10. The molecule has 0 amide bonds. The van der Waals surface area contributed by atoms with Gasteiger partial charge in [0.15, 0.2) is 0 Å². The van der Waals surface area contributed by atoms with Gasteiger partial charge in [-0.1, -0.05) is 50.2 Å². The van der Waals surface area contributed by atoms with Crippen molar-refractivity contribution >= 4 is 24.1 Å². The van der Waals surface area contributed by atoms with E-state index in [2.05, 4.69) is 70.3 Å². The van der Waals surface area contributed by atoms with Crippen LogP contribution in [0.25, 0.3) is 10.8 Å². The van der Waals surface area contributed by atoms with Gasteiger partial charge >= 0.3 is 7.59 Å². The van der Waals surface area contributed by atoms with Gasteiger partial charge in [-0.15, -0.1) is 0 Å². The van der Waals surface area contributed by atoms with E-state index in [0.717, 1.165) is 51.1 Å². The molecule has 26 heavy (non-hydrogen) atoms. The van der Waals surface area contributed by atoms with E-state index in [1.807, 2.05) is 0 Å². The first kappa shape index (κ1) is 18.0. The summed E-state index contributed by atoms with van der Waals surface area (Å²) in [7, 11) is -2.75. The molecular weight excluding hydrogens is 341 g/mol. The van der Waals surface area contributed by atoms with Crippen LogP contribution in [0.15, 0.2) is 42.5 Å². The van der Waals surface area contributed by atoms with Crippen LogP contribution in [0.3, 0.4) is 0 Å². The number of rotatable bonds is 6. The van der Waals surface area contributed by atoms with Gasteiger partial charge in [-0.25, -0.2) is 9.34 Å². The highest BCUT2D eigenvalue weighted by molar-refractivity contribution is 7.61. The van der Waals surface area contributed by atoms with Crippen LogP contribution in [-0.2, 0) is 4.57 Å². The number of anilines is 1. The summed E-state index contributed by atoms with van der Waals surface area (Å²) in [6.07, 6.45) is 4.40. The van der Waals surface area contributed by atoms with Crippen molar-refractivity contribution in [3.8, 4) is 0 Å². The molecule has 2 fully saturated rings. The second kappa shape index (κ2) is 7.34. The van der Waals surface area contributed by atoms with Crippen molar-refractivity contribution in [2.75, 3.05) is 30.8 Å². The molecule has 4 nitrogen and oxygen atoms in total. The van der Waals surface area contributed by atoms with Crippen molar-refractivity contribution in [1.82, 2.24) is 9.34 Å². The summed E-state index contributed by atoms with van der Waals surface area (Å²) < 4.78 is 21.6. The Labute approximate surface area is 157 Å². The maximum atomic E-state index is 14.7. The highest BCUT2D eigenvalue weighted by atomic mass is 31.2. The van der Waals surface area contributed by atoms with E-state index in [1.165, 1.54) is 17.2 Å². The van der Waals surface area contributed by atoms with Crippen LogP contribution in [-0.4, -0.2) is 41.6 Å². The fourth-order valence-corrected chi connectivity index (χ4v) is 8.37. The molecule has 140 valence electrons. The van der Waals surface area contributed by atoms with Gasteiger partial charge in [-0.3, -0.25) is 9.24 Å². The lowest BCUT2D eigenvalue weighted by Gasteiger charge is -2.39. The van der Waals surface area contributed by atoms with Crippen molar-refractivity contribution in [3.05, 3.63) is 42.5 Å². The monoisotopic (exact) mass is 371 g/mol. The molecule has 2 aromatic rings.